The maximum Gasteiger partial charge on any atom is 0.323 e. The zero-order chi connectivity index (χ0) is 19.1. The van der Waals surface area contributed by atoms with Gasteiger partial charge in [0.05, 0.1) is 5.41 Å². The minimum Gasteiger partial charge on any atom is -0.381 e. The number of ether oxygens (including phenoxy) is 1. The van der Waals surface area contributed by atoms with E-state index < -0.39 is 5.41 Å². The van der Waals surface area contributed by atoms with Gasteiger partial charge in [0.25, 0.3) is 0 Å². The number of nitrogens with two attached hydrogens (primary N) is 1. The van der Waals surface area contributed by atoms with Crippen LogP contribution in [0, 0.1) is 5.41 Å². The van der Waals surface area contributed by atoms with Crippen LogP contribution in [-0.2, 0) is 9.53 Å². The molecular weight excluding hydrogens is 380 g/mol. The molecule has 1 heterocycles. The van der Waals surface area contributed by atoms with E-state index in [1.165, 1.54) is 0 Å². The van der Waals surface area contributed by atoms with Crippen LogP contribution in [0.4, 0.5) is 21.9 Å². The minimum atomic E-state index is -0.579. The molecule has 1 saturated heterocycles. The van der Waals surface area contributed by atoms with Gasteiger partial charge in [-0.3, -0.25) is 4.79 Å². The van der Waals surface area contributed by atoms with Gasteiger partial charge in [0.1, 0.15) is 0 Å². The summed E-state index contributed by atoms with van der Waals surface area (Å²) in [5.41, 5.74) is 7.28. The second kappa shape index (κ2) is 10.1. The van der Waals surface area contributed by atoms with Crippen molar-refractivity contribution in [3.05, 3.63) is 54.6 Å². The number of halogens is 1. The van der Waals surface area contributed by atoms with Crippen molar-refractivity contribution in [3.63, 3.8) is 0 Å². The molecule has 3 rings (SSSR count). The number of para-hydroxylation sites is 1. The highest BCUT2D eigenvalue weighted by molar-refractivity contribution is 6.00. The zero-order valence-corrected chi connectivity index (χ0v) is 16.3. The Labute approximate surface area is 170 Å². The lowest BCUT2D eigenvalue weighted by Crippen LogP contribution is -2.46. The normalized spacial score (nSPS) is 15.0. The Morgan fingerprint density at radius 2 is 1.36 bits per heavy atom. The van der Waals surface area contributed by atoms with Gasteiger partial charge in [-0.05, 0) is 49.2 Å². The largest absolute Gasteiger partial charge is 0.381 e. The van der Waals surface area contributed by atoms with Crippen LogP contribution in [0.15, 0.2) is 54.6 Å². The first-order valence-electron chi connectivity index (χ1n) is 8.94. The number of amides is 3. The van der Waals surface area contributed by atoms with E-state index in [0.29, 0.717) is 49.7 Å². The average molecular weight is 405 g/mol. The number of benzene rings is 2. The zero-order valence-electron chi connectivity index (χ0n) is 15.4. The van der Waals surface area contributed by atoms with Crippen molar-refractivity contribution in [1.29, 1.82) is 0 Å². The smallest absolute Gasteiger partial charge is 0.323 e. The van der Waals surface area contributed by atoms with Gasteiger partial charge in [0.15, 0.2) is 0 Å². The number of nitrogens with one attached hydrogen (secondary N) is 3. The van der Waals surface area contributed by atoms with Crippen molar-refractivity contribution in [2.75, 3.05) is 35.7 Å². The summed E-state index contributed by atoms with van der Waals surface area (Å²) in [4.78, 5) is 24.7. The lowest BCUT2D eigenvalue weighted by molar-refractivity contribution is -0.130. The van der Waals surface area contributed by atoms with E-state index in [2.05, 4.69) is 16.0 Å². The minimum absolute atomic E-state index is 0. The molecule has 3 amide bonds. The Morgan fingerprint density at radius 1 is 0.857 bits per heavy atom. The highest BCUT2D eigenvalue weighted by atomic mass is 35.5. The van der Waals surface area contributed by atoms with Gasteiger partial charge >= 0.3 is 6.03 Å². The summed E-state index contributed by atoms with van der Waals surface area (Å²) < 4.78 is 5.34. The third kappa shape index (κ3) is 5.45. The number of rotatable bonds is 5. The van der Waals surface area contributed by atoms with Crippen molar-refractivity contribution in [1.82, 2.24) is 0 Å². The molecule has 1 aliphatic rings. The van der Waals surface area contributed by atoms with Crippen molar-refractivity contribution in [2.45, 2.75) is 12.8 Å². The fourth-order valence-electron chi connectivity index (χ4n) is 3.00. The Bertz CT molecular complexity index is 778. The lowest BCUT2D eigenvalue weighted by Gasteiger charge is -2.34. The summed E-state index contributed by atoms with van der Waals surface area (Å²) in [5.74, 6) is -0.0872. The summed E-state index contributed by atoms with van der Waals surface area (Å²) in [7, 11) is 0. The first-order chi connectivity index (χ1) is 13.1. The van der Waals surface area contributed by atoms with Crippen LogP contribution in [0.3, 0.4) is 0 Å². The molecule has 150 valence electrons. The van der Waals surface area contributed by atoms with Crippen LogP contribution in [0.25, 0.3) is 0 Å². The van der Waals surface area contributed by atoms with Gasteiger partial charge in [0.2, 0.25) is 5.91 Å². The molecule has 0 saturated carbocycles. The van der Waals surface area contributed by atoms with E-state index in [9.17, 15) is 9.59 Å². The fraction of sp³-hybridized carbons (Fsp3) is 0.300. The molecule has 0 radical (unpaired) electrons. The molecule has 2 aromatic carbocycles. The monoisotopic (exact) mass is 404 g/mol. The van der Waals surface area contributed by atoms with Crippen LogP contribution >= 0.6 is 12.4 Å². The number of anilines is 3. The highest BCUT2D eigenvalue weighted by Crippen LogP contribution is 2.31. The van der Waals surface area contributed by atoms with Gasteiger partial charge < -0.3 is 26.4 Å². The molecule has 0 unspecified atom stereocenters. The fourth-order valence-corrected chi connectivity index (χ4v) is 3.00. The van der Waals surface area contributed by atoms with E-state index in [1.807, 2.05) is 30.3 Å². The summed E-state index contributed by atoms with van der Waals surface area (Å²) in [6.45, 7) is 1.38. The number of carbonyl (C=O) groups is 2. The maximum atomic E-state index is 12.7. The third-order valence-corrected chi connectivity index (χ3v) is 4.75. The summed E-state index contributed by atoms with van der Waals surface area (Å²) in [5, 5.41) is 8.42. The molecule has 0 atom stereocenters. The summed E-state index contributed by atoms with van der Waals surface area (Å²) in [6.07, 6.45) is 1.24. The average Bonchev–Trinajstić information content (AvgIpc) is 2.70. The topological polar surface area (TPSA) is 105 Å². The summed E-state index contributed by atoms with van der Waals surface area (Å²) >= 11 is 0. The van der Waals surface area contributed by atoms with E-state index in [0.717, 1.165) is 0 Å². The second-order valence-electron chi connectivity index (χ2n) is 6.57. The SMILES string of the molecule is Cl.NCC1(C(=O)Nc2ccc(NC(=O)Nc3ccccc3)cc2)CCOCC1. The lowest BCUT2D eigenvalue weighted by atomic mass is 9.79. The Morgan fingerprint density at radius 3 is 1.89 bits per heavy atom. The number of hydrogen-bond acceptors (Lipinski definition) is 4. The molecule has 28 heavy (non-hydrogen) atoms. The van der Waals surface area contributed by atoms with Crippen molar-refractivity contribution < 1.29 is 14.3 Å². The van der Waals surface area contributed by atoms with E-state index >= 15 is 0 Å². The van der Waals surface area contributed by atoms with E-state index in [1.54, 1.807) is 24.3 Å². The molecule has 2 aromatic rings. The standard InChI is InChI=1S/C20H24N4O3.ClH/c21-14-20(10-12-27-13-11-20)18(25)22-16-6-8-17(9-7-16)24-19(26)23-15-4-2-1-3-5-15;/h1-9H,10-14,21H2,(H,22,25)(H2,23,24,26);1H. The van der Waals surface area contributed by atoms with Crippen molar-refractivity contribution >= 4 is 41.4 Å². The predicted molar refractivity (Wildman–Crippen MR) is 113 cm³/mol. The van der Waals surface area contributed by atoms with E-state index in [4.69, 9.17) is 10.5 Å². The Hall–Kier alpha value is -2.61. The quantitative estimate of drug-likeness (QED) is 0.612. The van der Waals surface area contributed by atoms with Gasteiger partial charge in [0, 0.05) is 36.8 Å². The highest BCUT2D eigenvalue weighted by Gasteiger charge is 2.38. The van der Waals surface area contributed by atoms with Crippen molar-refractivity contribution in [2.24, 2.45) is 11.1 Å². The third-order valence-electron chi connectivity index (χ3n) is 4.75. The molecule has 0 bridgehead atoms. The van der Waals surface area contributed by atoms with Crippen molar-refractivity contribution in [3.8, 4) is 0 Å². The molecule has 0 spiro atoms. The Kier molecular flexibility index (Phi) is 7.80. The number of hydrogen-bond donors (Lipinski definition) is 4. The molecule has 8 heteroatoms. The number of urea groups is 1. The Balaban J connectivity index is 0.00000280. The van der Waals surface area contributed by atoms with Crippen LogP contribution in [0.2, 0.25) is 0 Å². The van der Waals surface area contributed by atoms with E-state index in [-0.39, 0.29) is 24.3 Å². The molecular formula is C20H25ClN4O3. The number of carbonyl (C=O) groups excluding carboxylic acids is 2. The second-order valence-corrected chi connectivity index (χ2v) is 6.57. The van der Waals surface area contributed by atoms with Gasteiger partial charge in [-0.15, -0.1) is 12.4 Å². The van der Waals surface area contributed by atoms with Crippen LogP contribution in [0.1, 0.15) is 12.8 Å². The molecule has 0 aromatic heterocycles. The predicted octanol–water partition coefficient (Wildman–Crippen LogP) is 3.45. The first-order valence-corrected chi connectivity index (χ1v) is 8.94. The molecule has 1 aliphatic heterocycles. The van der Waals surface area contributed by atoms with Gasteiger partial charge in [-0.25, -0.2) is 4.79 Å². The molecule has 7 nitrogen and oxygen atoms in total. The first kappa shape index (κ1) is 21.7. The molecule has 5 N–H and O–H groups in total. The van der Waals surface area contributed by atoms with Crippen LogP contribution in [0.5, 0.6) is 0 Å². The van der Waals surface area contributed by atoms with Crippen LogP contribution in [-0.4, -0.2) is 31.7 Å². The summed E-state index contributed by atoms with van der Waals surface area (Å²) in [6, 6.07) is 15.8. The molecule has 0 aliphatic carbocycles. The maximum absolute atomic E-state index is 12.7. The van der Waals surface area contributed by atoms with Gasteiger partial charge in [-0.2, -0.15) is 0 Å². The van der Waals surface area contributed by atoms with Gasteiger partial charge in [-0.1, -0.05) is 18.2 Å². The molecule has 1 fully saturated rings. The van der Waals surface area contributed by atoms with Crippen LogP contribution < -0.4 is 21.7 Å².